The summed E-state index contributed by atoms with van der Waals surface area (Å²) in [4.78, 5) is 8.88. The highest BCUT2D eigenvalue weighted by Crippen LogP contribution is 2.15. The van der Waals surface area contributed by atoms with E-state index in [-0.39, 0.29) is 0 Å². The van der Waals surface area contributed by atoms with Gasteiger partial charge in [-0.25, -0.2) is 14.6 Å². The molecule has 6 heteroatoms. The molecular formula is C14H21N5O. The van der Waals surface area contributed by atoms with Crippen molar-refractivity contribution in [1.82, 2.24) is 19.7 Å². The molecule has 0 bridgehead atoms. The number of aryl methyl sites for hydroxylation is 2. The summed E-state index contributed by atoms with van der Waals surface area (Å²) in [5, 5.41) is 7.65. The summed E-state index contributed by atoms with van der Waals surface area (Å²) in [6.07, 6.45) is 1.82. The predicted octanol–water partition coefficient (Wildman–Crippen LogP) is 1.98. The van der Waals surface area contributed by atoms with Crippen molar-refractivity contribution in [3.05, 3.63) is 29.3 Å². The molecule has 0 amide bonds. The van der Waals surface area contributed by atoms with Gasteiger partial charge >= 0.3 is 0 Å². The SMILES string of the molecule is CCc1cc(CC)n(-c2cc(NC)nc(COC)n2)n1. The van der Waals surface area contributed by atoms with Crippen molar-refractivity contribution < 1.29 is 4.74 Å². The van der Waals surface area contributed by atoms with Crippen molar-refractivity contribution >= 4 is 5.82 Å². The Morgan fingerprint density at radius 2 is 2.00 bits per heavy atom. The Morgan fingerprint density at radius 3 is 2.60 bits per heavy atom. The number of rotatable bonds is 6. The van der Waals surface area contributed by atoms with Crippen LogP contribution in [-0.4, -0.2) is 33.9 Å². The minimum absolute atomic E-state index is 0.381. The van der Waals surface area contributed by atoms with Crippen molar-refractivity contribution in [1.29, 1.82) is 0 Å². The molecule has 0 radical (unpaired) electrons. The van der Waals surface area contributed by atoms with Crippen LogP contribution in [0.25, 0.3) is 5.82 Å². The van der Waals surface area contributed by atoms with E-state index >= 15 is 0 Å². The average Bonchev–Trinajstić information content (AvgIpc) is 2.90. The standard InChI is InChI=1S/C14H21N5O/c1-5-10-7-11(6-2)19(18-10)14-8-12(15-3)16-13(17-14)9-20-4/h7-8H,5-6,9H2,1-4H3,(H,15,16,17). The van der Waals surface area contributed by atoms with Crippen molar-refractivity contribution in [3.8, 4) is 5.82 Å². The van der Waals surface area contributed by atoms with Gasteiger partial charge in [-0.1, -0.05) is 13.8 Å². The van der Waals surface area contributed by atoms with Gasteiger partial charge in [-0.15, -0.1) is 0 Å². The number of aromatic nitrogens is 4. The number of ether oxygens (including phenoxy) is 1. The maximum atomic E-state index is 5.12. The van der Waals surface area contributed by atoms with E-state index in [4.69, 9.17) is 4.74 Å². The van der Waals surface area contributed by atoms with E-state index in [1.807, 2.05) is 17.8 Å². The third-order valence-corrected chi connectivity index (χ3v) is 3.06. The molecule has 0 unspecified atom stereocenters. The van der Waals surface area contributed by atoms with Gasteiger partial charge in [0.2, 0.25) is 0 Å². The second-order valence-electron chi connectivity index (χ2n) is 4.46. The molecule has 20 heavy (non-hydrogen) atoms. The Morgan fingerprint density at radius 1 is 1.20 bits per heavy atom. The molecule has 0 saturated heterocycles. The maximum Gasteiger partial charge on any atom is 0.159 e. The second-order valence-corrected chi connectivity index (χ2v) is 4.46. The molecule has 0 saturated carbocycles. The molecule has 0 aliphatic rings. The van der Waals surface area contributed by atoms with E-state index in [9.17, 15) is 0 Å². The van der Waals surface area contributed by atoms with Gasteiger partial charge in [0.25, 0.3) is 0 Å². The van der Waals surface area contributed by atoms with Crippen LogP contribution in [-0.2, 0) is 24.2 Å². The van der Waals surface area contributed by atoms with E-state index in [0.717, 1.165) is 35.9 Å². The lowest BCUT2D eigenvalue weighted by Crippen LogP contribution is -2.09. The highest BCUT2D eigenvalue weighted by molar-refractivity contribution is 5.41. The lowest BCUT2D eigenvalue weighted by Gasteiger charge is -2.09. The number of nitrogens with zero attached hydrogens (tertiary/aromatic N) is 4. The highest BCUT2D eigenvalue weighted by atomic mass is 16.5. The Kier molecular flexibility index (Phi) is 4.68. The molecule has 0 aromatic carbocycles. The summed E-state index contributed by atoms with van der Waals surface area (Å²) in [7, 11) is 3.47. The van der Waals surface area contributed by atoms with Gasteiger partial charge in [-0.2, -0.15) is 5.10 Å². The molecule has 2 heterocycles. The second kappa shape index (κ2) is 6.47. The van der Waals surface area contributed by atoms with Crippen molar-refractivity contribution in [2.24, 2.45) is 0 Å². The minimum Gasteiger partial charge on any atom is -0.377 e. The molecule has 108 valence electrons. The van der Waals surface area contributed by atoms with Gasteiger partial charge in [0, 0.05) is 25.9 Å². The number of methoxy groups -OCH3 is 1. The monoisotopic (exact) mass is 275 g/mol. The number of nitrogens with one attached hydrogen (secondary N) is 1. The first-order valence-electron chi connectivity index (χ1n) is 6.84. The number of hydrogen-bond acceptors (Lipinski definition) is 5. The molecule has 1 N–H and O–H groups in total. The smallest absolute Gasteiger partial charge is 0.159 e. The Balaban J connectivity index is 2.50. The first-order valence-corrected chi connectivity index (χ1v) is 6.84. The topological polar surface area (TPSA) is 64.9 Å². The van der Waals surface area contributed by atoms with E-state index in [1.165, 1.54) is 0 Å². The first kappa shape index (κ1) is 14.5. The van der Waals surface area contributed by atoms with Gasteiger partial charge < -0.3 is 10.1 Å². The van der Waals surface area contributed by atoms with E-state index in [0.29, 0.717) is 12.4 Å². The zero-order valence-corrected chi connectivity index (χ0v) is 12.5. The summed E-state index contributed by atoms with van der Waals surface area (Å²) in [6.45, 7) is 4.59. The molecule has 0 fully saturated rings. The zero-order valence-electron chi connectivity index (χ0n) is 12.5. The van der Waals surface area contributed by atoms with Crippen LogP contribution < -0.4 is 5.32 Å². The molecule has 0 aliphatic carbocycles. The van der Waals surface area contributed by atoms with Crippen LogP contribution in [0, 0.1) is 0 Å². The predicted molar refractivity (Wildman–Crippen MR) is 78.2 cm³/mol. The first-order chi connectivity index (χ1) is 9.71. The van der Waals surface area contributed by atoms with Crippen molar-refractivity contribution in [2.45, 2.75) is 33.3 Å². The molecule has 0 aliphatic heterocycles. The zero-order chi connectivity index (χ0) is 14.5. The fourth-order valence-corrected chi connectivity index (χ4v) is 2.01. The summed E-state index contributed by atoms with van der Waals surface area (Å²) in [5.74, 6) is 2.18. The lowest BCUT2D eigenvalue weighted by molar-refractivity contribution is 0.178. The maximum absolute atomic E-state index is 5.12. The Hall–Kier alpha value is -1.95. The van der Waals surface area contributed by atoms with Crippen molar-refractivity contribution in [3.63, 3.8) is 0 Å². The molecular weight excluding hydrogens is 254 g/mol. The molecule has 2 rings (SSSR count). The Bertz CT molecular complexity index is 579. The summed E-state index contributed by atoms with van der Waals surface area (Å²) >= 11 is 0. The third-order valence-electron chi connectivity index (χ3n) is 3.06. The van der Waals surface area contributed by atoms with Crippen LogP contribution in [0.1, 0.15) is 31.1 Å². The number of anilines is 1. The highest BCUT2D eigenvalue weighted by Gasteiger charge is 2.11. The van der Waals surface area contributed by atoms with Crippen LogP contribution in [0.5, 0.6) is 0 Å². The van der Waals surface area contributed by atoms with Gasteiger partial charge in [0.15, 0.2) is 11.6 Å². The van der Waals surface area contributed by atoms with E-state index in [2.05, 4.69) is 40.3 Å². The van der Waals surface area contributed by atoms with E-state index in [1.54, 1.807) is 7.11 Å². The van der Waals surface area contributed by atoms with Crippen LogP contribution in [0.4, 0.5) is 5.82 Å². The van der Waals surface area contributed by atoms with Gasteiger partial charge in [-0.05, 0) is 18.9 Å². The molecule has 2 aromatic rings. The molecule has 2 aromatic heterocycles. The van der Waals surface area contributed by atoms with Crippen LogP contribution >= 0.6 is 0 Å². The van der Waals surface area contributed by atoms with Crippen LogP contribution in [0.2, 0.25) is 0 Å². The van der Waals surface area contributed by atoms with Crippen LogP contribution in [0.15, 0.2) is 12.1 Å². The van der Waals surface area contributed by atoms with E-state index < -0.39 is 0 Å². The van der Waals surface area contributed by atoms with Gasteiger partial charge in [-0.3, -0.25) is 0 Å². The minimum atomic E-state index is 0.381. The van der Waals surface area contributed by atoms with Crippen LogP contribution in [0.3, 0.4) is 0 Å². The molecule has 0 spiro atoms. The van der Waals surface area contributed by atoms with Crippen molar-refractivity contribution in [2.75, 3.05) is 19.5 Å². The molecule has 6 nitrogen and oxygen atoms in total. The molecule has 0 atom stereocenters. The summed E-state index contributed by atoms with van der Waals surface area (Å²) in [5.41, 5.74) is 2.21. The fourth-order valence-electron chi connectivity index (χ4n) is 2.01. The third kappa shape index (κ3) is 2.96. The fraction of sp³-hybridized carbons (Fsp3) is 0.500. The normalized spacial score (nSPS) is 10.8. The lowest BCUT2D eigenvalue weighted by atomic mass is 10.2. The largest absolute Gasteiger partial charge is 0.377 e. The summed E-state index contributed by atoms with van der Waals surface area (Å²) < 4.78 is 7.01. The summed E-state index contributed by atoms with van der Waals surface area (Å²) in [6, 6.07) is 4.02. The quantitative estimate of drug-likeness (QED) is 0.873. The van der Waals surface area contributed by atoms with Gasteiger partial charge in [0.05, 0.1) is 5.69 Å². The number of hydrogen-bond donors (Lipinski definition) is 1. The van der Waals surface area contributed by atoms with Gasteiger partial charge in [0.1, 0.15) is 12.4 Å². The Labute approximate surface area is 119 Å². The average molecular weight is 275 g/mol.